The number of nitro benzene ring substituents is 1. The van der Waals surface area contributed by atoms with Crippen LogP contribution in [-0.4, -0.2) is 71.3 Å². The van der Waals surface area contributed by atoms with Crippen molar-refractivity contribution in [3.63, 3.8) is 0 Å². The van der Waals surface area contributed by atoms with Crippen LogP contribution in [0.1, 0.15) is 25.7 Å². The standard InChI is InChI=1S/C18H27N3O4/c22-14-16-6-4-10-20(16)13-15-5-3-9-19(15)11-12-25-18-8-2-1-7-17(18)21(23)24/h1-2,7-8,15-16,22H,3-6,9-14H2. The summed E-state index contributed by atoms with van der Waals surface area (Å²) in [6, 6.07) is 7.32. The molecule has 0 aromatic heterocycles. The molecule has 7 nitrogen and oxygen atoms in total. The Kier molecular flexibility index (Phi) is 6.23. The molecule has 2 atom stereocenters. The maximum Gasteiger partial charge on any atom is 0.310 e. The van der Waals surface area contributed by atoms with E-state index in [1.54, 1.807) is 18.2 Å². The highest BCUT2D eigenvalue weighted by Gasteiger charge is 2.31. The summed E-state index contributed by atoms with van der Waals surface area (Å²) >= 11 is 0. The van der Waals surface area contributed by atoms with Crippen LogP contribution in [0.2, 0.25) is 0 Å². The number of hydrogen-bond donors (Lipinski definition) is 1. The number of benzene rings is 1. The van der Waals surface area contributed by atoms with Gasteiger partial charge in [0.2, 0.25) is 0 Å². The minimum absolute atomic E-state index is 0.0170. The van der Waals surface area contributed by atoms with Crippen LogP contribution < -0.4 is 4.74 Å². The van der Waals surface area contributed by atoms with Gasteiger partial charge in [0.05, 0.1) is 11.5 Å². The minimum atomic E-state index is -0.406. The van der Waals surface area contributed by atoms with Gasteiger partial charge < -0.3 is 9.84 Å². The number of aliphatic hydroxyl groups is 1. The Bertz CT molecular complexity index is 583. The van der Waals surface area contributed by atoms with Crippen LogP contribution in [0.25, 0.3) is 0 Å². The zero-order valence-electron chi connectivity index (χ0n) is 14.5. The number of nitrogens with zero attached hydrogens (tertiary/aromatic N) is 3. The summed E-state index contributed by atoms with van der Waals surface area (Å²) in [5.74, 6) is 0.336. The van der Waals surface area contributed by atoms with Gasteiger partial charge in [-0.2, -0.15) is 0 Å². The molecule has 0 bridgehead atoms. The Hall–Kier alpha value is -1.70. The summed E-state index contributed by atoms with van der Waals surface area (Å²) in [6.45, 7) is 4.58. The average molecular weight is 349 g/mol. The maximum atomic E-state index is 11.0. The van der Waals surface area contributed by atoms with Crippen LogP contribution in [0, 0.1) is 10.1 Å². The molecule has 2 heterocycles. The van der Waals surface area contributed by atoms with Gasteiger partial charge in [-0.25, -0.2) is 0 Å². The lowest BCUT2D eigenvalue weighted by Gasteiger charge is -2.31. The molecule has 2 fully saturated rings. The first-order valence-corrected chi connectivity index (χ1v) is 9.14. The lowest BCUT2D eigenvalue weighted by Crippen LogP contribution is -2.44. The molecular formula is C18H27N3O4. The van der Waals surface area contributed by atoms with Crippen LogP contribution in [0.5, 0.6) is 5.75 Å². The molecule has 2 saturated heterocycles. The van der Waals surface area contributed by atoms with E-state index >= 15 is 0 Å². The quantitative estimate of drug-likeness (QED) is 0.570. The summed E-state index contributed by atoms with van der Waals surface area (Å²) < 4.78 is 5.68. The van der Waals surface area contributed by atoms with Crippen molar-refractivity contribution in [1.82, 2.24) is 9.80 Å². The Morgan fingerprint density at radius 1 is 1.16 bits per heavy atom. The fourth-order valence-electron chi connectivity index (χ4n) is 4.01. The van der Waals surface area contributed by atoms with Gasteiger partial charge in [0.1, 0.15) is 6.61 Å². The Morgan fingerprint density at radius 2 is 1.88 bits per heavy atom. The highest BCUT2D eigenvalue weighted by atomic mass is 16.6. The molecular weight excluding hydrogens is 322 g/mol. The summed E-state index contributed by atoms with van der Waals surface area (Å²) in [6.07, 6.45) is 4.59. The molecule has 0 aliphatic carbocycles. The zero-order chi connectivity index (χ0) is 17.6. The predicted octanol–water partition coefficient (Wildman–Crippen LogP) is 1.89. The van der Waals surface area contributed by atoms with Crippen molar-refractivity contribution < 1.29 is 14.8 Å². The largest absolute Gasteiger partial charge is 0.485 e. The summed E-state index contributed by atoms with van der Waals surface area (Å²) in [5.41, 5.74) is 0.0170. The Balaban J connectivity index is 1.50. The molecule has 138 valence electrons. The van der Waals surface area contributed by atoms with Crippen molar-refractivity contribution in [1.29, 1.82) is 0 Å². The molecule has 0 spiro atoms. The second-order valence-corrected chi connectivity index (χ2v) is 6.88. The smallest absolute Gasteiger partial charge is 0.310 e. The highest BCUT2D eigenvalue weighted by molar-refractivity contribution is 5.45. The van der Waals surface area contributed by atoms with Crippen molar-refractivity contribution in [2.24, 2.45) is 0 Å². The number of para-hydroxylation sites is 2. The van der Waals surface area contributed by atoms with Gasteiger partial charge >= 0.3 is 5.69 Å². The monoisotopic (exact) mass is 349 g/mol. The second-order valence-electron chi connectivity index (χ2n) is 6.88. The predicted molar refractivity (Wildman–Crippen MR) is 94.9 cm³/mol. The number of nitro groups is 1. The highest BCUT2D eigenvalue weighted by Crippen LogP contribution is 2.26. The van der Waals surface area contributed by atoms with Gasteiger partial charge in [-0.15, -0.1) is 0 Å². The van der Waals surface area contributed by atoms with Crippen molar-refractivity contribution in [3.8, 4) is 5.75 Å². The van der Waals surface area contributed by atoms with Crippen molar-refractivity contribution >= 4 is 5.69 Å². The molecule has 25 heavy (non-hydrogen) atoms. The van der Waals surface area contributed by atoms with E-state index in [0.29, 0.717) is 24.4 Å². The average Bonchev–Trinajstić information content (AvgIpc) is 3.25. The lowest BCUT2D eigenvalue weighted by atomic mass is 10.2. The molecule has 0 amide bonds. The molecule has 2 unspecified atom stereocenters. The van der Waals surface area contributed by atoms with E-state index in [-0.39, 0.29) is 12.3 Å². The molecule has 1 aromatic rings. The Labute approximate surface area is 148 Å². The van der Waals surface area contributed by atoms with Crippen LogP contribution in [0.15, 0.2) is 24.3 Å². The van der Waals surface area contributed by atoms with Crippen LogP contribution >= 0.6 is 0 Å². The van der Waals surface area contributed by atoms with E-state index < -0.39 is 4.92 Å². The fourth-order valence-corrected chi connectivity index (χ4v) is 4.01. The first-order chi connectivity index (χ1) is 12.2. The number of likely N-dealkylation sites (tertiary alicyclic amines) is 2. The molecule has 0 radical (unpaired) electrons. The first kappa shape index (κ1) is 18.1. The summed E-state index contributed by atoms with van der Waals surface area (Å²) in [4.78, 5) is 15.5. The SMILES string of the molecule is O=[N+]([O-])c1ccccc1OCCN1CCCC1CN1CCCC1CO. The minimum Gasteiger partial charge on any atom is -0.485 e. The number of rotatable bonds is 8. The van der Waals surface area contributed by atoms with Crippen molar-refractivity contribution in [2.45, 2.75) is 37.8 Å². The van der Waals surface area contributed by atoms with Gasteiger partial charge in [0.15, 0.2) is 5.75 Å². The second kappa shape index (κ2) is 8.60. The van der Waals surface area contributed by atoms with E-state index in [1.165, 1.54) is 25.3 Å². The topological polar surface area (TPSA) is 79.1 Å². The van der Waals surface area contributed by atoms with Gasteiger partial charge in [-0.1, -0.05) is 12.1 Å². The summed E-state index contributed by atoms with van der Waals surface area (Å²) in [7, 11) is 0. The van der Waals surface area contributed by atoms with E-state index in [4.69, 9.17) is 4.74 Å². The third-order valence-electron chi connectivity index (χ3n) is 5.35. The number of hydrogen-bond acceptors (Lipinski definition) is 6. The molecule has 3 rings (SSSR count). The van der Waals surface area contributed by atoms with Crippen LogP contribution in [0.3, 0.4) is 0 Å². The van der Waals surface area contributed by atoms with E-state index in [1.807, 2.05) is 0 Å². The fraction of sp³-hybridized carbons (Fsp3) is 0.667. The molecule has 1 aromatic carbocycles. The third kappa shape index (κ3) is 4.48. The van der Waals surface area contributed by atoms with Gasteiger partial charge in [0, 0.05) is 31.2 Å². The molecule has 2 aliphatic rings. The van der Waals surface area contributed by atoms with E-state index in [9.17, 15) is 15.2 Å². The lowest BCUT2D eigenvalue weighted by molar-refractivity contribution is -0.385. The molecule has 0 saturated carbocycles. The maximum absolute atomic E-state index is 11.0. The first-order valence-electron chi connectivity index (χ1n) is 9.14. The molecule has 7 heteroatoms. The van der Waals surface area contributed by atoms with Crippen molar-refractivity contribution in [2.75, 3.05) is 39.4 Å². The molecule has 2 aliphatic heterocycles. The summed E-state index contributed by atoms with van der Waals surface area (Å²) in [5, 5.41) is 20.5. The van der Waals surface area contributed by atoms with Crippen LogP contribution in [0.4, 0.5) is 5.69 Å². The van der Waals surface area contributed by atoms with E-state index in [0.717, 1.165) is 32.6 Å². The third-order valence-corrected chi connectivity index (χ3v) is 5.35. The van der Waals surface area contributed by atoms with Crippen molar-refractivity contribution in [3.05, 3.63) is 34.4 Å². The van der Waals surface area contributed by atoms with E-state index in [2.05, 4.69) is 9.80 Å². The van der Waals surface area contributed by atoms with Gasteiger partial charge in [-0.3, -0.25) is 19.9 Å². The molecule has 1 N–H and O–H groups in total. The zero-order valence-corrected chi connectivity index (χ0v) is 14.5. The van der Waals surface area contributed by atoms with Gasteiger partial charge in [-0.05, 0) is 44.8 Å². The Morgan fingerprint density at radius 3 is 2.64 bits per heavy atom. The number of aliphatic hydroxyl groups excluding tert-OH is 1. The van der Waals surface area contributed by atoms with Gasteiger partial charge in [0.25, 0.3) is 0 Å². The normalized spacial score (nSPS) is 24.7. The van der Waals surface area contributed by atoms with Crippen LogP contribution in [-0.2, 0) is 0 Å². The number of ether oxygens (including phenoxy) is 1.